The van der Waals surface area contributed by atoms with Crippen molar-refractivity contribution in [3.05, 3.63) is 0 Å². The molecule has 1 saturated heterocycles. The summed E-state index contributed by atoms with van der Waals surface area (Å²) in [6.45, 7) is 2.46. The van der Waals surface area contributed by atoms with Gasteiger partial charge in [-0.2, -0.15) is 0 Å². The Balaban J connectivity index is 0.00000220. The van der Waals surface area contributed by atoms with E-state index in [-0.39, 0.29) is 30.3 Å². The van der Waals surface area contributed by atoms with Gasteiger partial charge in [-0.3, -0.25) is 4.79 Å². The van der Waals surface area contributed by atoms with E-state index in [1.807, 2.05) is 0 Å². The van der Waals surface area contributed by atoms with Gasteiger partial charge in [0.25, 0.3) is 0 Å². The van der Waals surface area contributed by atoms with Gasteiger partial charge < -0.3 is 10.6 Å². The second-order valence-electron chi connectivity index (χ2n) is 6.26. The number of carbonyl (C=O) groups excluding carboxylic acids is 1. The zero-order valence-corrected chi connectivity index (χ0v) is 14.5. The average molecular weight is 340 g/mol. The summed E-state index contributed by atoms with van der Waals surface area (Å²) in [6, 6.07) is 0.0915. The minimum absolute atomic E-state index is 0. The Hall–Kier alpha value is -0.370. The first-order chi connectivity index (χ1) is 9.25. The molecule has 124 valence electrons. The minimum atomic E-state index is -3.58. The van der Waals surface area contributed by atoms with E-state index in [2.05, 4.69) is 0 Å². The van der Waals surface area contributed by atoms with Gasteiger partial charge in [0.1, 0.15) is 0 Å². The summed E-state index contributed by atoms with van der Waals surface area (Å²) in [4.78, 5) is 13.3. The molecule has 0 aromatic carbocycles. The van der Waals surface area contributed by atoms with Crippen molar-refractivity contribution < 1.29 is 13.2 Å². The predicted molar refractivity (Wildman–Crippen MR) is 84.7 cm³/mol. The molecule has 6 nitrogen and oxygen atoms in total. The lowest BCUT2D eigenvalue weighted by atomic mass is 9.78. The monoisotopic (exact) mass is 339 g/mol. The number of nitrogens with zero attached hydrogens (tertiary/aromatic N) is 2. The summed E-state index contributed by atoms with van der Waals surface area (Å²) in [5.74, 6) is 0.236. The Morgan fingerprint density at radius 1 is 1.29 bits per heavy atom. The maximum absolute atomic E-state index is 12.6. The van der Waals surface area contributed by atoms with Crippen LogP contribution in [0.5, 0.6) is 0 Å². The van der Waals surface area contributed by atoms with Crippen molar-refractivity contribution in [1.82, 2.24) is 9.21 Å². The molecule has 4 atom stereocenters. The second-order valence-corrected chi connectivity index (χ2v) is 8.51. The fourth-order valence-electron chi connectivity index (χ4n) is 3.40. The second kappa shape index (κ2) is 6.81. The molecule has 0 aromatic heterocycles. The summed E-state index contributed by atoms with van der Waals surface area (Å²) >= 11 is 0. The van der Waals surface area contributed by atoms with E-state index >= 15 is 0 Å². The summed E-state index contributed by atoms with van der Waals surface area (Å²) in [6.07, 6.45) is 3.09. The fourth-order valence-corrected chi connectivity index (χ4v) is 5.09. The molecule has 1 aliphatic heterocycles. The van der Waals surface area contributed by atoms with E-state index in [1.165, 1.54) is 16.1 Å². The van der Waals surface area contributed by atoms with Crippen molar-refractivity contribution in [1.29, 1.82) is 0 Å². The Morgan fingerprint density at radius 2 is 1.90 bits per heavy atom. The van der Waals surface area contributed by atoms with Crippen LogP contribution in [0.4, 0.5) is 0 Å². The first-order valence-corrected chi connectivity index (χ1v) is 8.71. The molecule has 1 saturated carbocycles. The normalized spacial score (nSPS) is 31.1. The van der Waals surface area contributed by atoms with Crippen LogP contribution in [0.2, 0.25) is 0 Å². The standard InChI is InChI=1S/C13H25N3O3S.ClH/c1-9(13(17)15(2)3)20(18,19)16-7-10-5-4-6-12(14)11(10)8-16;/h9-12H,4-8,14H2,1-3H3;1H. The zero-order valence-electron chi connectivity index (χ0n) is 12.9. The molecule has 1 amide bonds. The number of halogens is 1. The van der Waals surface area contributed by atoms with E-state index in [9.17, 15) is 13.2 Å². The summed E-state index contributed by atoms with van der Waals surface area (Å²) in [5.41, 5.74) is 6.11. The maximum Gasteiger partial charge on any atom is 0.241 e. The van der Waals surface area contributed by atoms with Crippen molar-refractivity contribution in [2.45, 2.75) is 37.5 Å². The molecule has 0 radical (unpaired) electrons. The lowest BCUT2D eigenvalue weighted by molar-refractivity contribution is -0.128. The van der Waals surface area contributed by atoms with Crippen molar-refractivity contribution in [3.63, 3.8) is 0 Å². The Kier molecular flexibility index (Phi) is 6.06. The van der Waals surface area contributed by atoms with Crippen LogP contribution >= 0.6 is 12.4 Å². The summed E-state index contributed by atoms with van der Waals surface area (Å²) in [7, 11) is -0.423. The largest absolute Gasteiger partial charge is 0.348 e. The molecule has 0 bridgehead atoms. The van der Waals surface area contributed by atoms with Crippen LogP contribution in [0.3, 0.4) is 0 Å². The third-order valence-corrected chi connectivity index (χ3v) is 6.83. The van der Waals surface area contributed by atoms with Crippen LogP contribution in [0.25, 0.3) is 0 Å². The van der Waals surface area contributed by atoms with E-state index in [0.29, 0.717) is 19.0 Å². The first-order valence-electron chi connectivity index (χ1n) is 7.21. The maximum atomic E-state index is 12.6. The summed E-state index contributed by atoms with van der Waals surface area (Å²) in [5, 5.41) is -1.02. The van der Waals surface area contributed by atoms with Gasteiger partial charge in [-0.15, -0.1) is 12.4 Å². The highest BCUT2D eigenvalue weighted by molar-refractivity contribution is 7.90. The molecule has 2 rings (SSSR count). The fraction of sp³-hybridized carbons (Fsp3) is 0.923. The van der Waals surface area contributed by atoms with Gasteiger partial charge >= 0.3 is 0 Å². The van der Waals surface area contributed by atoms with Gasteiger partial charge in [0, 0.05) is 33.2 Å². The van der Waals surface area contributed by atoms with Gasteiger partial charge in [-0.05, 0) is 31.6 Å². The molecular formula is C13H26ClN3O3S. The Morgan fingerprint density at radius 3 is 2.43 bits per heavy atom. The van der Waals surface area contributed by atoms with E-state index in [0.717, 1.165) is 19.3 Å². The van der Waals surface area contributed by atoms with Crippen LogP contribution in [0.1, 0.15) is 26.2 Å². The molecular weight excluding hydrogens is 314 g/mol. The Bertz CT molecular complexity index is 483. The van der Waals surface area contributed by atoms with Crippen LogP contribution < -0.4 is 5.73 Å². The van der Waals surface area contributed by atoms with Crippen LogP contribution in [0, 0.1) is 11.8 Å². The molecule has 21 heavy (non-hydrogen) atoms. The van der Waals surface area contributed by atoms with Crippen LogP contribution in [-0.4, -0.2) is 62.0 Å². The average Bonchev–Trinajstić information content (AvgIpc) is 2.83. The lowest BCUT2D eigenvalue weighted by Crippen LogP contribution is -2.45. The van der Waals surface area contributed by atoms with Gasteiger partial charge in [0.05, 0.1) is 0 Å². The molecule has 1 heterocycles. The number of hydrogen-bond acceptors (Lipinski definition) is 4. The Labute approximate surface area is 133 Å². The molecule has 8 heteroatoms. The van der Waals surface area contributed by atoms with Crippen molar-refractivity contribution >= 4 is 28.3 Å². The third-order valence-electron chi connectivity index (χ3n) is 4.72. The van der Waals surface area contributed by atoms with Crippen molar-refractivity contribution in [2.24, 2.45) is 17.6 Å². The molecule has 0 aromatic rings. The number of fused-ring (bicyclic) bond motifs is 1. The molecule has 2 fully saturated rings. The molecule has 2 N–H and O–H groups in total. The van der Waals surface area contributed by atoms with E-state index in [4.69, 9.17) is 5.73 Å². The quantitative estimate of drug-likeness (QED) is 0.800. The molecule has 0 spiro atoms. The minimum Gasteiger partial charge on any atom is -0.348 e. The predicted octanol–water partition coefficient (Wildman–Crippen LogP) is 0.274. The highest BCUT2D eigenvalue weighted by atomic mass is 35.5. The molecule has 4 unspecified atom stereocenters. The van der Waals surface area contributed by atoms with Crippen molar-refractivity contribution in [3.8, 4) is 0 Å². The topological polar surface area (TPSA) is 83.7 Å². The number of sulfonamides is 1. The van der Waals surface area contributed by atoms with E-state index in [1.54, 1.807) is 14.1 Å². The number of rotatable bonds is 3. The number of nitrogens with two attached hydrogens (primary N) is 1. The molecule has 2 aliphatic rings. The van der Waals surface area contributed by atoms with Gasteiger partial charge in [-0.1, -0.05) is 6.42 Å². The molecule has 1 aliphatic carbocycles. The first kappa shape index (κ1) is 18.7. The van der Waals surface area contributed by atoms with Crippen LogP contribution in [-0.2, 0) is 14.8 Å². The van der Waals surface area contributed by atoms with Crippen LogP contribution in [0.15, 0.2) is 0 Å². The highest BCUT2D eigenvalue weighted by Gasteiger charge is 2.45. The van der Waals surface area contributed by atoms with E-state index < -0.39 is 15.3 Å². The van der Waals surface area contributed by atoms with Crippen molar-refractivity contribution in [2.75, 3.05) is 27.2 Å². The summed E-state index contributed by atoms with van der Waals surface area (Å²) < 4.78 is 26.6. The number of carbonyl (C=O) groups is 1. The van der Waals surface area contributed by atoms with Gasteiger partial charge in [-0.25, -0.2) is 12.7 Å². The lowest BCUT2D eigenvalue weighted by Gasteiger charge is -2.29. The van der Waals surface area contributed by atoms with Gasteiger partial charge in [0.2, 0.25) is 15.9 Å². The number of amides is 1. The smallest absolute Gasteiger partial charge is 0.241 e. The SMILES string of the molecule is CC(C(=O)N(C)C)S(=O)(=O)N1CC2CCCC(N)C2C1.Cl. The highest BCUT2D eigenvalue weighted by Crippen LogP contribution is 2.37. The zero-order chi connectivity index (χ0) is 15.1. The third kappa shape index (κ3) is 3.52. The van der Waals surface area contributed by atoms with Gasteiger partial charge in [0.15, 0.2) is 5.25 Å². The number of hydrogen-bond donors (Lipinski definition) is 1.